The van der Waals surface area contributed by atoms with Crippen molar-refractivity contribution in [3.05, 3.63) is 109 Å². The van der Waals surface area contributed by atoms with E-state index in [9.17, 15) is 0 Å². The highest BCUT2D eigenvalue weighted by Gasteiger charge is 2.22. The summed E-state index contributed by atoms with van der Waals surface area (Å²) < 4.78 is 11.8. The minimum absolute atomic E-state index is 0.773. The van der Waals surface area contributed by atoms with Crippen molar-refractivity contribution in [2.75, 3.05) is 26.4 Å². The molecule has 0 fully saturated rings. The summed E-state index contributed by atoms with van der Waals surface area (Å²) in [5, 5.41) is 4.74. The Kier molecular flexibility index (Phi) is 15.6. The number of fused-ring (bicyclic) bond motifs is 4. The molecule has 6 nitrogen and oxygen atoms in total. The second-order valence-corrected chi connectivity index (χ2v) is 15.9. The maximum absolute atomic E-state index is 6.15. The number of aromatic nitrogens is 4. The third-order valence-electron chi connectivity index (χ3n) is 11.6. The molecule has 2 aromatic heterocycles. The van der Waals surface area contributed by atoms with Crippen LogP contribution in [0.25, 0.3) is 65.9 Å². The Labute approximate surface area is 345 Å². The van der Waals surface area contributed by atoms with Gasteiger partial charge in [-0.15, -0.1) is 0 Å². The first-order valence-corrected chi connectivity index (χ1v) is 22.3. The van der Waals surface area contributed by atoms with Gasteiger partial charge in [0.25, 0.3) is 0 Å². The maximum Gasteiger partial charge on any atom is 0.0893 e. The van der Waals surface area contributed by atoms with E-state index in [4.69, 9.17) is 29.4 Å². The molecule has 6 heteroatoms. The van der Waals surface area contributed by atoms with Gasteiger partial charge in [-0.2, -0.15) is 0 Å². The minimum Gasteiger partial charge on any atom is -0.381 e. The molecule has 0 bridgehead atoms. The summed E-state index contributed by atoms with van der Waals surface area (Å²) in [5.74, 6) is 0. The third-order valence-corrected chi connectivity index (χ3v) is 11.6. The fourth-order valence-corrected chi connectivity index (χ4v) is 8.61. The van der Waals surface area contributed by atoms with E-state index in [0.717, 1.165) is 93.4 Å². The molecular formula is C52H62N4O2. The molecule has 0 unspecified atom stereocenters. The Bertz CT molecular complexity index is 2110. The molecule has 0 aliphatic carbocycles. The predicted octanol–water partition coefficient (Wildman–Crippen LogP) is 13.8. The quantitative estimate of drug-likeness (QED) is 0.0450. The van der Waals surface area contributed by atoms with Gasteiger partial charge in [0.15, 0.2) is 0 Å². The van der Waals surface area contributed by atoms with Crippen LogP contribution in [0.4, 0.5) is 0 Å². The number of nitrogens with zero attached hydrogens (tertiary/aromatic N) is 4. The van der Waals surface area contributed by atoms with Gasteiger partial charge < -0.3 is 9.47 Å². The summed E-state index contributed by atoms with van der Waals surface area (Å²) in [5.41, 5.74) is 11.3. The van der Waals surface area contributed by atoms with Crippen LogP contribution in [0.3, 0.4) is 0 Å². The van der Waals surface area contributed by atoms with Gasteiger partial charge in [0.1, 0.15) is 0 Å². The summed E-state index contributed by atoms with van der Waals surface area (Å²) in [7, 11) is 0. The standard InChI is InChI=1S/C52H62N4O2/c1-3-5-6-7-11-19-33-58-34-20-24-40-23-15-17-26-42(40)52-45-37-49-47(53-27-29-55-49)35-43(45)51(44-36-48-50(38-46(44)52)56-30-28-54-48)41-25-16-14-22-39(41)21-13-10-8-9-12-18-32-57-31-4-2/h14-17,22-23,25-30,35-38H,3-13,18-21,24,31-34H2,1-2H3. The summed E-state index contributed by atoms with van der Waals surface area (Å²) >= 11 is 0. The first-order valence-electron chi connectivity index (χ1n) is 22.3. The second kappa shape index (κ2) is 21.8. The highest BCUT2D eigenvalue weighted by atomic mass is 16.5. The molecule has 7 rings (SSSR count). The zero-order valence-corrected chi connectivity index (χ0v) is 35.0. The van der Waals surface area contributed by atoms with E-state index in [2.05, 4.69) is 86.6 Å². The third kappa shape index (κ3) is 10.4. The lowest BCUT2D eigenvalue weighted by Gasteiger charge is -2.21. The molecule has 0 aliphatic rings. The van der Waals surface area contributed by atoms with Crippen LogP contribution in [0.2, 0.25) is 0 Å². The number of unbranched alkanes of at least 4 members (excludes halogenated alkanes) is 10. The molecule has 0 saturated heterocycles. The fraction of sp³-hybridized carbons (Fsp3) is 0.423. The van der Waals surface area contributed by atoms with Gasteiger partial charge in [-0.05, 0) is 124 Å². The molecule has 0 radical (unpaired) electrons. The van der Waals surface area contributed by atoms with Crippen LogP contribution in [0.1, 0.15) is 115 Å². The number of benzene rings is 5. The highest BCUT2D eigenvalue weighted by molar-refractivity contribution is 6.25. The van der Waals surface area contributed by atoms with Gasteiger partial charge in [-0.1, -0.05) is 120 Å². The van der Waals surface area contributed by atoms with Crippen LogP contribution >= 0.6 is 0 Å². The van der Waals surface area contributed by atoms with Crippen LogP contribution in [0.15, 0.2) is 97.6 Å². The largest absolute Gasteiger partial charge is 0.381 e. The van der Waals surface area contributed by atoms with E-state index in [0.29, 0.717) is 0 Å². The van der Waals surface area contributed by atoms with Crippen molar-refractivity contribution in [2.45, 2.75) is 117 Å². The Morgan fingerprint density at radius 3 is 1.22 bits per heavy atom. The lowest BCUT2D eigenvalue weighted by Crippen LogP contribution is -2.01. The molecule has 58 heavy (non-hydrogen) atoms. The lowest BCUT2D eigenvalue weighted by atomic mass is 9.82. The molecule has 0 atom stereocenters. The van der Waals surface area contributed by atoms with Gasteiger partial charge in [0.05, 0.1) is 22.1 Å². The van der Waals surface area contributed by atoms with Gasteiger partial charge in [0, 0.05) is 51.2 Å². The molecule has 0 aliphatic heterocycles. The Balaban J connectivity index is 1.25. The van der Waals surface area contributed by atoms with E-state index in [-0.39, 0.29) is 0 Å². The number of aryl methyl sites for hydroxylation is 2. The Morgan fingerprint density at radius 2 is 0.759 bits per heavy atom. The molecule has 0 amide bonds. The summed E-state index contributed by atoms with van der Waals surface area (Å²) in [6.07, 6.45) is 26.3. The Morgan fingerprint density at radius 1 is 0.379 bits per heavy atom. The van der Waals surface area contributed by atoms with E-state index >= 15 is 0 Å². The molecule has 0 saturated carbocycles. The molecule has 0 spiro atoms. The highest BCUT2D eigenvalue weighted by Crippen LogP contribution is 2.47. The number of ether oxygens (including phenoxy) is 2. The van der Waals surface area contributed by atoms with Crippen molar-refractivity contribution < 1.29 is 9.47 Å². The van der Waals surface area contributed by atoms with Gasteiger partial charge >= 0.3 is 0 Å². The van der Waals surface area contributed by atoms with E-state index in [1.54, 1.807) is 24.8 Å². The van der Waals surface area contributed by atoms with Gasteiger partial charge in [0.2, 0.25) is 0 Å². The van der Waals surface area contributed by atoms with E-state index < -0.39 is 0 Å². The van der Waals surface area contributed by atoms with Crippen LogP contribution in [-0.4, -0.2) is 46.4 Å². The molecular weight excluding hydrogens is 713 g/mol. The van der Waals surface area contributed by atoms with Crippen LogP contribution < -0.4 is 0 Å². The smallest absolute Gasteiger partial charge is 0.0893 e. The van der Waals surface area contributed by atoms with Crippen molar-refractivity contribution in [3.8, 4) is 22.3 Å². The summed E-state index contributed by atoms with van der Waals surface area (Å²) in [4.78, 5) is 19.3. The number of hydrogen-bond donors (Lipinski definition) is 0. The van der Waals surface area contributed by atoms with E-state index in [1.165, 1.54) is 113 Å². The zero-order valence-electron chi connectivity index (χ0n) is 35.0. The van der Waals surface area contributed by atoms with Crippen molar-refractivity contribution in [2.24, 2.45) is 0 Å². The average Bonchev–Trinajstić information content (AvgIpc) is 3.26. The fourth-order valence-electron chi connectivity index (χ4n) is 8.61. The van der Waals surface area contributed by atoms with Crippen LogP contribution in [0.5, 0.6) is 0 Å². The minimum atomic E-state index is 0.773. The average molecular weight is 775 g/mol. The van der Waals surface area contributed by atoms with Crippen LogP contribution in [-0.2, 0) is 22.3 Å². The first-order chi connectivity index (χ1) is 28.8. The maximum atomic E-state index is 6.15. The van der Waals surface area contributed by atoms with Crippen molar-refractivity contribution in [3.63, 3.8) is 0 Å². The molecule has 5 aromatic carbocycles. The van der Waals surface area contributed by atoms with Crippen molar-refractivity contribution >= 4 is 43.6 Å². The number of rotatable bonds is 24. The second-order valence-electron chi connectivity index (χ2n) is 15.9. The molecule has 302 valence electrons. The monoisotopic (exact) mass is 774 g/mol. The lowest BCUT2D eigenvalue weighted by molar-refractivity contribution is 0.127. The summed E-state index contributed by atoms with van der Waals surface area (Å²) in [6.45, 7) is 7.83. The molecule has 0 N–H and O–H groups in total. The topological polar surface area (TPSA) is 70.0 Å². The number of hydrogen-bond acceptors (Lipinski definition) is 6. The molecule has 7 aromatic rings. The normalized spacial score (nSPS) is 11.8. The van der Waals surface area contributed by atoms with Gasteiger partial charge in [-0.3, -0.25) is 19.9 Å². The zero-order chi connectivity index (χ0) is 39.8. The van der Waals surface area contributed by atoms with Crippen molar-refractivity contribution in [1.29, 1.82) is 0 Å². The van der Waals surface area contributed by atoms with Gasteiger partial charge in [-0.25, -0.2) is 0 Å². The Hall–Kier alpha value is -4.78. The van der Waals surface area contributed by atoms with E-state index in [1.807, 2.05) is 0 Å². The van der Waals surface area contributed by atoms with Crippen LogP contribution in [0, 0.1) is 0 Å². The molecule has 2 heterocycles. The first kappa shape index (κ1) is 41.4. The predicted molar refractivity (Wildman–Crippen MR) is 244 cm³/mol. The summed E-state index contributed by atoms with van der Waals surface area (Å²) in [6, 6.07) is 27.1. The SMILES string of the molecule is CCCCCCCCOCCCc1ccccc1-c1c2cc3nccnc3cc2c(-c2ccccc2CCCCCCCCOCCC)c2cc3nccnc3cc12. The van der Waals surface area contributed by atoms with Crippen molar-refractivity contribution in [1.82, 2.24) is 19.9 Å².